The van der Waals surface area contributed by atoms with Gasteiger partial charge in [0.1, 0.15) is 5.82 Å². The smallest absolute Gasteiger partial charge is 0.129 e. The second-order valence-corrected chi connectivity index (χ2v) is 4.44. The SMILES string of the molecule is CC(O)(c1cc(Cl)cnc1N)C1CC1. The Hall–Kier alpha value is -0.800. The number of rotatable bonds is 2. The molecule has 1 heterocycles. The minimum Gasteiger partial charge on any atom is -0.385 e. The summed E-state index contributed by atoms with van der Waals surface area (Å²) in [5, 5.41) is 10.8. The molecule has 14 heavy (non-hydrogen) atoms. The zero-order valence-corrected chi connectivity index (χ0v) is 8.75. The van der Waals surface area contributed by atoms with Crippen molar-refractivity contribution in [3.8, 4) is 0 Å². The van der Waals surface area contributed by atoms with E-state index in [1.165, 1.54) is 6.20 Å². The first-order valence-electron chi connectivity index (χ1n) is 4.65. The van der Waals surface area contributed by atoms with E-state index in [-0.39, 0.29) is 0 Å². The third kappa shape index (κ3) is 1.57. The summed E-state index contributed by atoms with van der Waals surface area (Å²) in [5.41, 5.74) is 5.47. The summed E-state index contributed by atoms with van der Waals surface area (Å²) < 4.78 is 0. The van der Waals surface area contributed by atoms with Crippen LogP contribution in [0.5, 0.6) is 0 Å². The van der Waals surface area contributed by atoms with Crippen molar-refractivity contribution in [3.05, 3.63) is 22.8 Å². The molecule has 3 nitrogen and oxygen atoms in total. The molecule has 0 spiro atoms. The first kappa shape index (κ1) is 9.74. The molecule has 0 radical (unpaired) electrons. The Morgan fingerprint density at radius 3 is 2.86 bits per heavy atom. The number of halogens is 1. The number of nitrogens with two attached hydrogens (primary N) is 1. The molecule has 1 saturated carbocycles. The van der Waals surface area contributed by atoms with E-state index in [1.54, 1.807) is 13.0 Å². The second-order valence-electron chi connectivity index (χ2n) is 4.01. The summed E-state index contributed by atoms with van der Waals surface area (Å²) >= 11 is 5.82. The lowest BCUT2D eigenvalue weighted by molar-refractivity contribution is 0.0336. The Morgan fingerprint density at radius 2 is 2.29 bits per heavy atom. The van der Waals surface area contributed by atoms with Crippen molar-refractivity contribution in [2.24, 2.45) is 5.92 Å². The lowest BCUT2D eigenvalue weighted by atomic mass is 9.91. The second kappa shape index (κ2) is 3.11. The van der Waals surface area contributed by atoms with Crippen LogP contribution in [0.3, 0.4) is 0 Å². The van der Waals surface area contributed by atoms with Crippen LogP contribution >= 0.6 is 11.6 Å². The quantitative estimate of drug-likeness (QED) is 0.788. The van der Waals surface area contributed by atoms with Gasteiger partial charge in [-0.2, -0.15) is 0 Å². The molecule has 76 valence electrons. The van der Waals surface area contributed by atoms with Crippen molar-refractivity contribution in [1.82, 2.24) is 4.98 Å². The molecule has 1 aliphatic carbocycles. The lowest BCUT2D eigenvalue weighted by Gasteiger charge is -2.24. The van der Waals surface area contributed by atoms with Crippen LogP contribution in [0.4, 0.5) is 5.82 Å². The number of anilines is 1. The Kier molecular flexibility index (Phi) is 2.16. The third-order valence-corrected chi connectivity index (χ3v) is 3.01. The molecule has 1 aromatic heterocycles. The van der Waals surface area contributed by atoms with E-state index in [9.17, 15) is 5.11 Å². The van der Waals surface area contributed by atoms with Gasteiger partial charge in [-0.25, -0.2) is 4.98 Å². The molecule has 4 heteroatoms. The highest BCUT2D eigenvalue weighted by Crippen LogP contribution is 2.46. The number of nitrogens with zero attached hydrogens (tertiary/aromatic N) is 1. The highest BCUT2D eigenvalue weighted by molar-refractivity contribution is 6.30. The van der Waals surface area contributed by atoms with E-state index < -0.39 is 5.60 Å². The van der Waals surface area contributed by atoms with E-state index in [4.69, 9.17) is 17.3 Å². The van der Waals surface area contributed by atoms with E-state index in [1.807, 2.05) is 0 Å². The third-order valence-electron chi connectivity index (χ3n) is 2.80. The number of hydrogen-bond donors (Lipinski definition) is 2. The number of aromatic nitrogens is 1. The molecule has 1 fully saturated rings. The molecule has 1 unspecified atom stereocenters. The van der Waals surface area contributed by atoms with Crippen LogP contribution in [0, 0.1) is 5.92 Å². The summed E-state index contributed by atoms with van der Waals surface area (Å²) in [6.07, 6.45) is 3.57. The topological polar surface area (TPSA) is 59.1 Å². The highest BCUT2D eigenvalue weighted by atomic mass is 35.5. The van der Waals surface area contributed by atoms with Crippen LogP contribution < -0.4 is 5.73 Å². The van der Waals surface area contributed by atoms with Crippen LogP contribution in [0.1, 0.15) is 25.3 Å². The van der Waals surface area contributed by atoms with Gasteiger partial charge in [0.15, 0.2) is 0 Å². The molecule has 0 aliphatic heterocycles. The standard InChI is InChI=1S/C10H13ClN2O/c1-10(14,6-2-3-6)8-4-7(11)5-13-9(8)12/h4-6,14H,2-3H2,1H3,(H2,12,13). The Labute approximate surface area is 87.9 Å². The van der Waals surface area contributed by atoms with Gasteiger partial charge >= 0.3 is 0 Å². The van der Waals surface area contributed by atoms with Crippen LogP contribution in [0.2, 0.25) is 5.02 Å². The number of hydrogen-bond acceptors (Lipinski definition) is 3. The van der Waals surface area contributed by atoms with Crippen molar-refractivity contribution in [2.75, 3.05) is 5.73 Å². The first-order chi connectivity index (χ1) is 6.51. The van der Waals surface area contributed by atoms with Gasteiger partial charge in [-0.15, -0.1) is 0 Å². The summed E-state index contributed by atoms with van der Waals surface area (Å²) in [6.45, 7) is 1.77. The van der Waals surface area contributed by atoms with Gasteiger partial charge in [0.2, 0.25) is 0 Å². The molecular formula is C10H13ClN2O. The van der Waals surface area contributed by atoms with Crippen LogP contribution in [-0.2, 0) is 5.60 Å². The summed E-state index contributed by atoms with van der Waals surface area (Å²) in [4.78, 5) is 3.94. The molecule has 0 aromatic carbocycles. The summed E-state index contributed by atoms with van der Waals surface area (Å²) in [7, 11) is 0. The molecule has 0 bridgehead atoms. The average Bonchev–Trinajstić information content (AvgIpc) is 2.91. The summed E-state index contributed by atoms with van der Waals surface area (Å²) in [6, 6.07) is 1.70. The van der Waals surface area contributed by atoms with E-state index in [0.29, 0.717) is 22.3 Å². The summed E-state index contributed by atoms with van der Waals surface area (Å²) in [5.74, 6) is 0.663. The van der Waals surface area contributed by atoms with Gasteiger partial charge in [0.05, 0.1) is 10.6 Å². The predicted molar refractivity (Wildman–Crippen MR) is 56.0 cm³/mol. The zero-order valence-electron chi connectivity index (χ0n) is 8.00. The lowest BCUT2D eigenvalue weighted by Crippen LogP contribution is -2.25. The van der Waals surface area contributed by atoms with Gasteiger partial charge in [-0.3, -0.25) is 0 Å². The molecule has 0 saturated heterocycles. The fraction of sp³-hybridized carbons (Fsp3) is 0.500. The van der Waals surface area contributed by atoms with Crippen molar-refractivity contribution in [1.29, 1.82) is 0 Å². The average molecular weight is 213 g/mol. The maximum absolute atomic E-state index is 10.3. The molecule has 3 N–H and O–H groups in total. The molecule has 1 atom stereocenters. The normalized spacial score (nSPS) is 20.5. The molecule has 1 aromatic rings. The fourth-order valence-electron chi connectivity index (χ4n) is 1.72. The van der Waals surface area contributed by atoms with Crippen LogP contribution in [0.15, 0.2) is 12.3 Å². The van der Waals surface area contributed by atoms with Gasteiger partial charge in [0, 0.05) is 11.8 Å². The maximum atomic E-state index is 10.3. The van der Waals surface area contributed by atoms with Gasteiger partial charge in [0.25, 0.3) is 0 Å². The van der Waals surface area contributed by atoms with Crippen molar-refractivity contribution >= 4 is 17.4 Å². The Bertz CT molecular complexity index is 361. The minimum absolute atomic E-state index is 0.296. The molecular weight excluding hydrogens is 200 g/mol. The van der Waals surface area contributed by atoms with Crippen molar-refractivity contribution < 1.29 is 5.11 Å². The highest BCUT2D eigenvalue weighted by Gasteiger charge is 2.42. The Morgan fingerprint density at radius 1 is 1.64 bits per heavy atom. The van der Waals surface area contributed by atoms with E-state index >= 15 is 0 Å². The zero-order chi connectivity index (χ0) is 10.3. The van der Waals surface area contributed by atoms with E-state index in [0.717, 1.165) is 12.8 Å². The molecule has 0 amide bonds. The number of nitrogen functional groups attached to an aromatic ring is 1. The van der Waals surface area contributed by atoms with Gasteiger partial charge in [-0.05, 0) is 31.7 Å². The van der Waals surface area contributed by atoms with E-state index in [2.05, 4.69) is 4.98 Å². The first-order valence-corrected chi connectivity index (χ1v) is 5.03. The van der Waals surface area contributed by atoms with Crippen LogP contribution in [-0.4, -0.2) is 10.1 Å². The number of pyridine rings is 1. The number of aliphatic hydroxyl groups is 1. The predicted octanol–water partition coefficient (Wildman–Crippen LogP) is 1.93. The fourth-order valence-corrected chi connectivity index (χ4v) is 1.88. The molecule has 2 rings (SSSR count). The van der Waals surface area contributed by atoms with Crippen molar-refractivity contribution in [3.63, 3.8) is 0 Å². The van der Waals surface area contributed by atoms with Crippen LogP contribution in [0.25, 0.3) is 0 Å². The largest absolute Gasteiger partial charge is 0.385 e. The Balaban J connectivity index is 2.43. The minimum atomic E-state index is -0.887. The van der Waals surface area contributed by atoms with Gasteiger partial charge in [-0.1, -0.05) is 11.6 Å². The maximum Gasteiger partial charge on any atom is 0.129 e. The van der Waals surface area contributed by atoms with Gasteiger partial charge < -0.3 is 10.8 Å². The van der Waals surface area contributed by atoms with Crippen molar-refractivity contribution in [2.45, 2.75) is 25.4 Å². The molecule has 1 aliphatic rings. The monoisotopic (exact) mass is 212 g/mol.